The molecule has 1 aromatic rings. The second-order valence-corrected chi connectivity index (χ2v) is 6.55. The van der Waals surface area contributed by atoms with E-state index in [1.165, 1.54) is 44.7 Å². The molecule has 1 heterocycles. The SMILES string of the molecule is CCC(C)c1ccccc1OCCCCN1CCN(C)CC1. The van der Waals surface area contributed by atoms with E-state index in [1.54, 1.807) is 0 Å². The maximum Gasteiger partial charge on any atom is 0.122 e. The molecule has 0 bridgehead atoms. The summed E-state index contributed by atoms with van der Waals surface area (Å²) < 4.78 is 6.04. The molecular formula is C19H32N2O. The maximum atomic E-state index is 6.04. The summed E-state index contributed by atoms with van der Waals surface area (Å²) in [4.78, 5) is 4.98. The van der Waals surface area contributed by atoms with Gasteiger partial charge in [-0.15, -0.1) is 0 Å². The number of likely N-dealkylation sites (N-methyl/N-ethyl adjacent to an activating group) is 1. The third-order valence-electron chi connectivity index (χ3n) is 4.78. The molecular weight excluding hydrogens is 272 g/mol. The Hall–Kier alpha value is -1.06. The number of para-hydroxylation sites is 1. The van der Waals surface area contributed by atoms with Crippen LogP contribution < -0.4 is 4.74 Å². The number of hydrogen-bond acceptors (Lipinski definition) is 3. The molecule has 3 nitrogen and oxygen atoms in total. The highest BCUT2D eigenvalue weighted by atomic mass is 16.5. The van der Waals surface area contributed by atoms with Crippen LogP contribution in [0.2, 0.25) is 0 Å². The van der Waals surface area contributed by atoms with Gasteiger partial charge in [0.25, 0.3) is 0 Å². The fraction of sp³-hybridized carbons (Fsp3) is 0.684. The molecule has 0 N–H and O–H groups in total. The second kappa shape index (κ2) is 9.16. The van der Waals surface area contributed by atoms with Gasteiger partial charge in [-0.3, -0.25) is 0 Å². The van der Waals surface area contributed by atoms with E-state index in [2.05, 4.69) is 55.0 Å². The smallest absolute Gasteiger partial charge is 0.122 e. The normalized spacial score (nSPS) is 18.3. The van der Waals surface area contributed by atoms with Gasteiger partial charge in [-0.05, 0) is 50.4 Å². The van der Waals surface area contributed by atoms with Gasteiger partial charge < -0.3 is 14.5 Å². The Balaban J connectivity index is 1.66. The zero-order valence-electron chi connectivity index (χ0n) is 14.6. The van der Waals surface area contributed by atoms with Crippen molar-refractivity contribution in [2.75, 3.05) is 46.4 Å². The number of ether oxygens (including phenoxy) is 1. The summed E-state index contributed by atoms with van der Waals surface area (Å²) in [5, 5.41) is 0. The Morgan fingerprint density at radius 1 is 1.09 bits per heavy atom. The highest BCUT2D eigenvalue weighted by molar-refractivity contribution is 5.35. The number of piperazine rings is 1. The van der Waals surface area contributed by atoms with Crippen molar-refractivity contribution in [2.45, 2.75) is 39.0 Å². The molecule has 22 heavy (non-hydrogen) atoms. The topological polar surface area (TPSA) is 15.7 Å². The van der Waals surface area contributed by atoms with Gasteiger partial charge in [0, 0.05) is 26.2 Å². The van der Waals surface area contributed by atoms with Gasteiger partial charge in [0.2, 0.25) is 0 Å². The number of benzene rings is 1. The van der Waals surface area contributed by atoms with Crippen molar-refractivity contribution in [1.82, 2.24) is 9.80 Å². The third kappa shape index (κ3) is 5.29. The Labute approximate surface area is 136 Å². The molecule has 0 amide bonds. The molecule has 1 aromatic carbocycles. The van der Waals surface area contributed by atoms with E-state index in [1.807, 2.05) is 0 Å². The van der Waals surface area contributed by atoms with Crippen molar-refractivity contribution in [2.24, 2.45) is 0 Å². The first-order valence-corrected chi connectivity index (χ1v) is 8.83. The lowest BCUT2D eigenvalue weighted by atomic mass is 9.98. The van der Waals surface area contributed by atoms with Crippen LogP contribution in [0.15, 0.2) is 24.3 Å². The zero-order valence-corrected chi connectivity index (χ0v) is 14.6. The molecule has 1 fully saturated rings. The summed E-state index contributed by atoms with van der Waals surface area (Å²) in [6.07, 6.45) is 3.53. The average Bonchev–Trinajstić information content (AvgIpc) is 2.56. The number of hydrogen-bond donors (Lipinski definition) is 0. The first-order chi connectivity index (χ1) is 10.7. The average molecular weight is 304 g/mol. The van der Waals surface area contributed by atoms with E-state index in [-0.39, 0.29) is 0 Å². The molecule has 1 aliphatic rings. The summed E-state index contributed by atoms with van der Waals surface area (Å²) in [5.74, 6) is 1.65. The van der Waals surface area contributed by atoms with Gasteiger partial charge in [0.1, 0.15) is 5.75 Å². The highest BCUT2D eigenvalue weighted by Gasteiger charge is 2.13. The van der Waals surface area contributed by atoms with Gasteiger partial charge in [-0.2, -0.15) is 0 Å². The van der Waals surface area contributed by atoms with Crippen LogP contribution in [0.1, 0.15) is 44.6 Å². The van der Waals surface area contributed by atoms with Gasteiger partial charge >= 0.3 is 0 Å². The number of nitrogens with zero attached hydrogens (tertiary/aromatic N) is 2. The molecule has 1 atom stereocenters. The quantitative estimate of drug-likeness (QED) is 0.682. The molecule has 0 saturated carbocycles. The maximum absolute atomic E-state index is 6.04. The summed E-state index contributed by atoms with van der Waals surface area (Å²) in [6.45, 7) is 11.4. The van der Waals surface area contributed by atoms with Crippen LogP contribution in [-0.2, 0) is 0 Å². The molecule has 0 aliphatic carbocycles. The van der Waals surface area contributed by atoms with Crippen LogP contribution >= 0.6 is 0 Å². The van der Waals surface area contributed by atoms with Crippen LogP contribution in [-0.4, -0.2) is 56.2 Å². The minimum atomic E-state index is 0.571. The first kappa shape index (κ1) is 17.3. The molecule has 3 heteroatoms. The Morgan fingerprint density at radius 2 is 1.82 bits per heavy atom. The molecule has 1 saturated heterocycles. The van der Waals surface area contributed by atoms with Crippen molar-refractivity contribution >= 4 is 0 Å². The van der Waals surface area contributed by atoms with Crippen molar-refractivity contribution in [3.8, 4) is 5.75 Å². The van der Waals surface area contributed by atoms with Gasteiger partial charge in [0.15, 0.2) is 0 Å². The van der Waals surface area contributed by atoms with Crippen LogP contribution in [0, 0.1) is 0 Å². The van der Waals surface area contributed by atoms with E-state index in [9.17, 15) is 0 Å². The lowest BCUT2D eigenvalue weighted by Crippen LogP contribution is -2.44. The predicted octanol–water partition coefficient (Wildman–Crippen LogP) is 3.61. The summed E-state index contributed by atoms with van der Waals surface area (Å²) in [7, 11) is 2.21. The van der Waals surface area contributed by atoms with Gasteiger partial charge in [-0.1, -0.05) is 32.0 Å². The summed E-state index contributed by atoms with van der Waals surface area (Å²) in [5.41, 5.74) is 1.35. The summed E-state index contributed by atoms with van der Waals surface area (Å²) in [6, 6.07) is 8.50. The molecule has 124 valence electrons. The Bertz CT molecular complexity index is 427. The van der Waals surface area contributed by atoms with E-state index >= 15 is 0 Å². The van der Waals surface area contributed by atoms with E-state index in [4.69, 9.17) is 4.74 Å². The fourth-order valence-corrected chi connectivity index (χ4v) is 2.93. The molecule has 1 aliphatic heterocycles. The molecule has 2 rings (SSSR count). The van der Waals surface area contributed by atoms with Crippen molar-refractivity contribution in [3.63, 3.8) is 0 Å². The largest absolute Gasteiger partial charge is 0.493 e. The van der Waals surface area contributed by atoms with Crippen LogP contribution in [0.5, 0.6) is 5.75 Å². The van der Waals surface area contributed by atoms with Crippen molar-refractivity contribution < 1.29 is 4.74 Å². The fourth-order valence-electron chi connectivity index (χ4n) is 2.93. The van der Waals surface area contributed by atoms with Crippen LogP contribution in [0.3, 0.4) is 0 Å². The highest BCUT2D eigenvalue weighted by Crippen LogP contribution is 2.28. The van der Waals surface area contributed by atoms with Crippen LogP contribution in [0.25, 0.3) is 0 Å². The lowest BCUT2D eigenvalue weighted by Gasteiger charge is -2.32. The van der Waals surface area contributed by atoms with Crippen molar-refractivity contribution in [3.05, 3.63) is 29.8 Å². The minimum absolute atomic E-state index is 0.571. The van der Waals surface area contributed by atoms with E-state index < -0.39 is 0 Å². The molecule has 0 aromatic heterocycles. The third-order valence-corrected chi connectivity index (χ3v) is 4.78. The number of unbranched alkanes of at least 4 members (excludes halogenated alkanes) is 1. The van der Waals surface area contributed by atoms with Crippen molar-refractivity contribution in [1.29, 1.82) is 0 Å². The molecule has 1 unspecified atom stereocenters. The lowest BCUT2D eigenvalue weighted by molar-refractivity contribution is 0.149. The molecule has 0 spiro atoms. The second-order valence-electron chi connectivity index (χ2n) is 6.55. The van der Waals surface area contributed by atoms with Gasteiger partial charge in [-0.25, -0.2) is 0 Å². The Morgan fingerprint density at radius 3 is 2.55 bits per heavy atom. The number of rotatable bonds is 8. The minimum Gasteiger partial charge on any atom is -0.493 e. The standard InChI is InChI=1S/C19H32N2O/c1-4-17(2)18-9-5-6-10-19(18)22-16-8-7-11-21-14-12-20(3)13-15-21/h5-6,9-10,17H,4,7-8,11-16H2,1-3H3. The van der Waals surface area contributed by atoms with Gasteiger partial charge in [0.05, 0.1) is 6.61 Å². The molecule has 0 radical (unpaired) electrons. The monoisotopic (exact) mass is 304 g/mol. The Kier molecular flexibility index (Phi) is 7.20. The van der Waals surface area contributed by atoms with E-state index in [0.717, 1.165) is 25.2 Å². The zero-order chi connectivity index (χ0) is 15.8. The first-order valence-electron chi connectivity index (χ1n) is 8.83. The summed E-state index contributed by atoms with van der Waals surface area (Å²) >= 11 is 0. The van der Waals surface area contributed by atoms with E-state index in [0.29, 0.717) is 5.92 Å². The van der Waals surface area contributed by atoms with Crippen LogP contribution in [0.4, 0.5) is 0 Å². The predicted molar refractivity (Wildman–Crippen MR) is 93.8 cm³/mol.